The van der Waals surface area contributed by atoms with Gasteiger partial charge in [0.2, 0.25) is 0 Å². The van der Waals surface area contributed by atoms with E-state index in [0.29, 0.717) is 19.1 Å². The van der Waals surface area contributed by atoms with E-state index in [0.717, 1.165) is 18.5 Å². The Morgan fingerprint density at radius 3 is 2.82 bits per heavy atom. The van der Waals surface area contributed by atoms with Crippen molar-refractivity contribution in [2.45, 2.75) is 19.0 Å². The highest BCUT2D eigenvalue weighted by atomic mass is 16.2. The van der Waals surface area contributed by atoms with E-state index in [2.05, 4.69) is 21.5 Å². The van der Waals surface area contributed by atoms with Crippen LogP contribution in [0.25, 0.3) is 0 Å². The predicted octanol–water partition coefficient (Wildman–Crippen LogP) is 0.352. The molecule has 92 valence electrons. The summed E-state index contributed by atoms with van der Waals surface area (Å²) < 4.78 is 0. The summed E-state index contributed by atoms with van der Waals surface area (Å²) in [6.45, 7) is 2.16. The van der Waals surface area contributed by atoms with E-state index in [-0.39, 0.29) is 6.03 Å². The van der Waals surface area contributed by atoms with Gasteiger partial charge in [-0.15, -0.1) is 0 Å². The number of amides is 2. The van der Waals surface area contributed by atoms with E-state index in [9.17, 15) is 4.79 Å². The minimum absolute atomic E-state index is 0.123. The van der Waals surface area contributed by atoms with E-state index in [1.807, 2.05) is 30.3 Å². The maximum atomic E-state index is 11.5. The highest BCUT2D eigenvalue weighted by Crippen LogP contribution is 1.97. The Morgan fingerprint density at radius 1 is 1.29 bits per heavy atom. The van der Waals surface area contributed by atoms with E-state index >= 15 is 0 Å². The largest absolute Gasteiger partial charge is 0.337 e. The van der Waals surface area contributed by atoms with Crippen molar-refractivity contribution < 1.29 is 4.79 Å². The molecule has 5 heteroatoms. The van der Waals surface area contributed by atoms with Crippen molar-refractivity contribution in [1.82, 2.24) is 21.5 Å². The first kappa shape index (κ1) is 11.9. The number of hydrogen-bond donors (Lipinski definition) is 4. The van der Waals surface area contributed by atoms with Gasteiger partial charge in [-0.25, -0.2) is 4.79 Å². The monoisotopic (exact) mass is 234 g/mol. The van der Waals surface area contributed by atoms with Crippen molar-refractivity contribution in [2.75, 3.05) is 13.1 Å². The van der Waals surface area contributed by atoms with Crippen LogP contribution in [0.15, 0.2) is 30.3 Å². The standard InChI is InChI=1S/C12H18N4O/c17-12(14-9-11-6-7-15-16-11)13-8-10-4-2-1-3-5-10/h1-5,11,15-16H,6-9H2,(H2,13,14,17). The molecule has 1 fully saturated rings. The molecule has 2 amide bonds. The number of hydrogen-bond acceptors (Lipinski definition) is 3. The highest BCUT2D eigenvalue weighted by Gasteiger charge is 2.13. The molecular weight excluding hydrogens is 216 g/mol. The molecule has 0 aliphatic carbocycles. The average molecular weight is 234 g/mol. The first-order valence-corrected chi connectivity index (χ1v) is 5.88. The lowest BCUT2D eigenvalue weighted by molar-refractivity contribution is 0.239. The summed E-state index contributed by atoms with van der Waals surface area (Å²) in [6.07, 6.45) is 1.04. The van der Waals surface area contributed by atoms with Gasteiger partial charge in [-0.2, -0.15) is 0 Å². The number of benzene rings is 1. The second-order valence-electron chi connectivity index (χ2n) is 4.11. The third-order valence-electron chi connectivity index (χ3n) is 2.73. The van der Waals surface area contributed by atoms with Crippen LogP contribution in [0.2, 0.25) is 0 Å². The third-order valence-corrected chi connectivity index (χ3v) is 2.73. The Labute approximate surface area is 101 Å². The fourth-order valence-corrected chi connectivity index (χ4v) is 1.74. The molecule has 1 atom stereocenters. The van der Waals surface area contributed by atoms with Crippen LogP contribution in [0.3, 0.4) is 0 Å². The van der Waals surface area contributed by atoms with Gasteiger partial charge in [-0.1, -0.05) is 30.3 Å². The lowest BCUT2D eigenvalue weighted by atomic mass is 10.2. The van der Waals surface area contributed by atoms with Crippen molar-refractivity contribution >= 4 is 6.03 Å². The van der Waals surface area contributed by atoms with Crippen LogP contribution in [0.5, 0.6) is 0 Å². The molecule has 2 rings (SSSR count). The van der Waals surface area contributed by atoms with Crippen LogP contribution < -0.4 is 21.5 Å². The molecular formula is C12H18N4O. The molecule has 17 heavy (non-hydrogen) atoms. The van der Waals surface area contributed by atoms with Crippen molar-refractivity contribution in [3.05, 3.63) is 35.9 Å². The second kappa shape index (κ2) is 6.22. The first-order chi connectivity index (χ1) is 8.34. The molecule has 0 aromatic heterocycles. The Balaban J connectivity index is 1.64. The van der Waals surface area contributed by atoms with Crippen molar-refractivity contribution in [2.24, 2.45) is 0 Å². The molecule has 0 saturated carbocycles. The van der Waals surface area contributed by atoms with Crippen LogP contribution in [-0.4, -0.2) is 25.2 Å². The fraction of sp³-hybridized carbons (Fsp3) is 0.417. The SMILES string of the molecule is O=C(NCc1ccccc1)NCC1CCNN1. The second-order valence-corrected chi connectivity index (χ2v) is 4.11. The molecule has 0 bridgehead atoms. The first-order valence-electron chi connectivity index (χ1n) is 5.88. The molecule has 1 aromatic rings. The Kier molecular flexibility index (Phi) is 4.35. The lowest BCUT2D eigenvalue weighted by Gasteiger charge is -2.11. The molecule has 1 saturated heterocycles. The Bertz CT molecular complexity index is 349. The number of urea groups is 1. The summed E-state index contributed by atoms with van der Waals surface area (Å²) in [5.74, 6) is 0. The zero-order chi connectivity index (χ0) is 11.9. The van der Waals surface area contributed by atoms with Gasteiger partial charge in [-0.05, 0) is 12.0 Å². The fourth-order valence-electron chi connectivity index (χ4n) is 1.74. The normalized spacial score (nSPS) is 18.9. The number of carbonyl (C=O) groups is 1. The number of carbonyl (C=O) groups excluding carboxylic acids is 1. The number of hydrazine groups is 1. The van der Waals surface area contributed by atoms with Gasteiger partial charge < -0.3 is 10.6 Å². The van der Waals surface area contributed by atoms with Gasteiger partial charge in [0.25, 0.3) is 0 Å². The number of nitrogens with one attached hydrogen (secondary N) is 4. The van der Waals surface area contributed by atoms with E-state index in [4.69, 9.17) is 0 Å². The van der Waals surface area contributed by atoms with Crippen molar-refractivity contribution in [3.8, 4) is 0 Å². The van der Waals surface area contributed by atoms with E-state index in [1.165, 1.54) is 0 Å². The zero-order valence-corrected chi connectivity index (χ0v) is 9.70. The van der Waals surface area contributed by atoms with Gasteiger partial charge in [0.05, 0.1) is 0 Å². The molecule has 1 aromatic carbocycles. The van der Waals surface area contributed by atoms with Crippen LogP contribution in [0, 0.1) is 0 Å². The topological polar surface area (TPSA) is 65.2 Å². The Hall–Kier alpha value is -1.59. The van der Waals surface area contributed by atoms with Crippen LogP contribution >= 0.6 is 0 Å². The lowest BCUT2D eigenvalue weighted by Crippen LogP contribution is -2.43. The molecule has 0 radical (unpaired) electrons. The summed E-state index contributed by atoms with van der Waals surface area (Å²) in [5.41, 5.74) is 7.23. The quantitative estimate of drug-likeness (QED) is 0.608. The summed E-state index contributed by atoms with van der Waals surface area (Å²) in [5, 5.41) is 5.67. The summed E-state index contributed by atoms with van der Waals surface area (Å²) in [7, 11) is 0. The molecule has 4 N–H and O–H groups in total. The minimum Gasteiger partial charge on any atom is -0.337 e. The van der Waals surface area contributed by atoms with Crippen molar-refractivity contribution in [1.29, 1.82) is 0 Å². The van der Waals surface area contributed by atoms with Gasteiger partial charge in [0, 0.05) is 25.7 Å². The molecule has 1 aliphatic rings. The van der Waals surface area contributed by atoms with Crippen LogP contribution in [0.1, 0.15) is 12.0 Å². The summed E-state index contributed by atoms with van der Waals surface area (Å²) >= 11 is 0. The van der Waals surface area contributed by atoms with E-state index in [1.54, 1.807) is 0 Å². The minimum atomic E-state index is -0.123. The molecule has 1 unspecified atom stereocenters. The molecule has 1 aliphatic heterocycles. The predicted molar refractivity (Wildman–Crippen MR) is 66.2 cm³/mol. The molecule has 1 heterocycles. The van der Waals surface area contributed by atoms with Gasteiger partial charge in [-0.3, -0.25) is 10.9 Å². The Morgan fingerprint density at radius 2 is 2.12 bits per heavy atom. The van der Waals surface area contributed by atoms with Gasteiger partial charge >= 0.3 is 6.03 Å². The van der Waals surface area contributed by atoms with E-state index < -0.39 is 0 Å². The summed E-state index contributed by atoms with van der Waals surface area (Å²) in [4.78, 5) is 11.5. The van der Waals surface area contributed by atoms with Crippen LogP contribution in [-0.2, 0) is 6.54 Å². The maximum absolute atomic E-state index is 11.5. The highest BCUT2D eigenvalue weighted by molar-refractivity contribution is 5.73. The van der Waals surface area contributed by atoms with Gasteiger partial charge in [0.1, 0.15) is 0 Å². The van der Waals surface area contributed by atoms with Crippen molar-refractivity contribution in [3.63, 3.8) is 0 Å². The molecule has 5 nitrogen and oxygen atoms in total. The molecule has 0 spiro atoms. The third kappa shape index (κ3) is 4.05. The average Bonchev–Trinajstić information content (AvgIpc) is 2.88. The van der Waals surface area contributed by atoms with Gasteiger partial charge in [0.15, 0.2) is 0 Å². The maximum Gasteiger partial charge on any atom is 0.315 e. The smallest absolute Gasteiger partial charge is 0.315 e. The van der Waals surface area contributed by atoms with Crippen LogP contribution in [0.4, 0.5) is 4.79 Å². The zero-order valence-electron chi connectivity index (χ0n) is 9.70. The number of rotatable bonds is 4. The summed E-state index contributed by atoms with van der Waals surface area (Å²) in [6, 6.07) is 10.1.